The van der Waals surface area contributed by atoms with Crippen molar-refractivity contribution in [2.45, 2.75) is 6.92 Å². The van der Waals surface area contributed by atoms with Gasteiger partial charge in [-0.05, 0) is 42.3 Å². The van der Waals surface area contributed by atoms with E-state index in [1.54, 1.807) is 18.2 Å². The number of halogens is 1. The lowest BCUT2D eigenvalue weighted by atomic mass is 10.2. The molecule has 1 aliphatic rings. The van der Waals surface area contributed by atoms with Gasteiger partial charge >= 0.3 is 0 Å². The van der Waals surface area contributed by atoms with Gasteiger partial charge in [0.2, 0.25) is 0 Å². The van der Waals surface area contributed by atoms with Crippen molar-refractivity contribution in [3.8, 4) is 5.75 Å². The molecular formula is C23H34FN5O5S2. The lowest BCUT2D eigenvalue weighted by Crippen LogP contribution is -2.52. The molecule has 0 amide bonds. The van der Waals surface area contributed by atoms with E-state index < -0.39 is 27.3 Å². The molecule has 13 heteroatoms. The van der Waals surface area contributed by atoms with Gasteiger partial charge in [-0.3, -0.25) is 8.86 Å². The van der Waals surface area contributed by atoms with Gasteiger partial charge in [0.25, 0.3) is 21.5 Å². The fourth-order valence-electron chi connectivity index (χ4n) is 3.94. The van der Waals surface area contributed by atoms with E-state index >= 15 is 0 Å². The zero-order valence-corrected chi connectivity index (χ0v) is 22.6. The van der Waals surface area contributed by atoms with Gasteiger partial charge in [-0.25, -0.2) is 13.3 Å². The Balaban J connectivity index is 1.55. The van der Waals surface area contributed by atoms with Crippen molar-refractivity contribution in [2.75, 3.05) is 74.6 Å². The van der Waals surface area contributed by atoms with E-state index in [0.717, 1.165) is 5.69 Å². The molecule has 10 nitrogen and oxygen atoms in total. The summed E-state index contributed by atoms with van der Waals surface area (Å²) in [6.07, 6.45) is 0. The molecule has 2 aromatic carbocycles. The van der Waals surface area contributed by atoms with Crippen LogP contribution in [0.2, 0.25) is 0 Å². The summed E-state index contributed by atoms with van der Waals surface area (Å²) in [7, 11) is 1.54. The zero-order valence-electron chi connectivity index (χ0n) is 20.9. The number of nitrogens with zero attached hydrogens (tertiary/aromatic N) is 4. The maximum Gasteiger partial charge on any atom is 0.279 e. The van der Waals surface area contributed by atoms with E-state index in [2.05, 4.69) is 4.72 Å². The first kappa shape index (κ1) is 28.1. The van der Waals surface area contributed by atoms with E-state index in [4.69, 9.17) is 4.74 Å². The first-order valence-corrected chi connectivity index (χ1v) is 14.0. The third-order valence-corrected chi connectivity index (χ3v) is 8.31. The summed E-state index contributed by atoms with van der Waals surface area (Å²) in [6, 6.07) is 11.5. The Morgan fingerprint density at radius 2 is 1.72 bits per heavy atom. The van der Waals surface area contributed by atoms with Crippen molar-refractivity contribution in [3.05, 3.63) is 48.3 Å². The molecule has 1 saturated heterocycles. The number of methoxy groups -OCH3 is 1. The highest BCUT2D eigenvalue weighted by molar-refractivity contribution is 7.87. The van der Waals surface area contributed by atoms with Gasteiger partial charge in [-0.15, -0.1) is 0 Å². The minimum Gasteiger partial charge on any atom is -0.494 e. The van der Waals surface area contributed by atoms with E-state index in [-0.39, 0.29) is 32.1 Å². The van der Waals surface area contributed by atoms with Crippen molar-refractivity contribution in [3.63, 3.8) is 0 Å². The summed E-state index contributed by atoms with van der Waals surface area (Å²) >= 11 is -2.26. The monoisotopic (exact) mass is 543 g/mol. The van der Waals surface area contributed by atoms with Crippen LogP contribution in [-0.2, 0) is 21.5 Å². The number of piperazine rings is 1. The van der Waals surface area contributed by atoms with Crippen molar-refractivity contribution < 1.29 is 26.3 Å². The van der Waals surface area contributed by atoms with Crippen LogP contribution in [0, 0.1) is 11.7 Å². The second-order valence-electron chi connectivity index (χ2n) is 8.86. The minimum atomic E-state index is -3.74. The molecule has 2 N–H and O–H groups in total. The summed E-state index contributed by atoms with van der Waals surface area (Å²) in [5, 5.41) is 0. The van der Waals surface area contributed by atoms with E-state index in [1.807, 2.05) is 43.0 Å². The van der Waals surface area contributed by atoms with Crippen molar-refractivity contribution in [1.82, 2.24) is 9.03 Å². The molecule has 1 heterocycles. The van der Waals surface area contributed by atoms with Crippen LogP contribution >= 0.6 is 0 Å². The Kier molecular flexibility index (Phi) is 9.53. The van der Waals surface area contributed by atoms with E-state index in [9.17, 15) is 21.6 Å². The summed E-state index contributed by atoms with van der Waals surface area (Å²) in [4.78, 5) is 3.89. The third kappa shape index (κ3) is 7.07. The number of nitrogens with one attached hydrogen (secondary N) is 1. The topological polar surface area (TPSA) is 106 Å². The average molecular weight is 544 g/mol. The lowest BCUT2D eigenvalue weighted by Gasteiger charge is -2.36. The number of hydrogen-bond acceptors (Lipinski definition) is 6. The number of benzene rings is 2. The first-order chi connectivity index (χ1) is 17.0. The molecule has 0 aliphatic carbocycles. The highest BCUT2D eigenvalue weighted by Crippen LogP contribution is 2.30. The van der Waals surface area contributed by atoms with Gasteiger partial charge < -0.3 is 14.5 Å². The lowest BCUT2D eigenvalue weighted by molar-refractivity contribution is 0.370. The third-order valence-electron chi connectivity index (χ3n) is 6.00. The molecule has 200 valence electrons. The highest BCUT2D eigenvalue weighted by Gasteiger charge is 2.28. The molecule has 0 saturated carbocycles. The predicted molar refractivity (Wildman–Crippen MR) is 142 cm³/mol. The van der Waals surface area contributed by atoms with Crippen molar-refractivity contribution >= 4 is 38.5 Å². The predicted octanol–water partition coefficient (Wildman–Crippen LogP) is 2.14. The highest BCUT2D eigenvalue weighted by atomic mass is 32.2. The maximum atomic E-state index is 13.5. The molecule has 36 heavy (non-hydrogen) atoms. The normalized spacial score (nSPS) is 16.4. The number of ether oxygens (including phenoxy) is 1. The second kappa shape index (κ2) is 12.2. The van der Waals surface area contributed by atoms with Gasteiger partial charge in [0.05, 0.1) is 18.5 Å². The van der Waals surface area contributed by atoms with Gasteiger partial charge in [-0.1, -0.05) is 6.92 Å². The molecule has 0 spiro atoms. The minimum absolute atomic E-state index is 0.109. The largest absolute Gasteiger partial charge is 0.494 e. The zero-order chi connectivity index (χ0) is 26.5. The van der Waals surface area contributed by atoms with Gasteiger partial charge in [0.15, 0.2) is 0 Å². The molecule has 0 radical (unpaired) electrons. The summed E-state index contributed by atoms with van der Waals surface area (Å²) < 4.78 is 71.6. The molecule has 0 aromatic heterocycles. The van der Waals surface area contributed by atoms with Crippen LogP contribution in [-0.4, -0.2) is 82.0 Å². The van der Waals surface area contributed by atoms with Crippen LogP contribution in [0.1, 0.15) is 6.92 Å². The van der Waals surface area contributed by atoms with Crippen molar-refractivity contribution in [2.24, 2.45) is 5.92 Å². The summed E-state index contributed by atoms with van der Waals surface area (Å²) in [6.45, 7) is 3.49. The Hall–Kier alpha value is -2.45. The van der Waals surface area contributed by atoms with Crippen LogP contribution in [0.25, 0.3) is 0 Å². The number of hydrogen-bond donors (Lipinski definition) is 2. The van der Waals surface area contributed by atoms with E-state index in [0.29, 0.717) is 30.2 Å². The van der Waals surface area contributed by atoms with Gasteiger partial charge in [0.1, 0.15) is 11.6 Å². The van der Waals surface area contributed by atoms with E-state index in [1.165, 1.54) is 27.9 Å². The fourth-order valence-corrected chi connectivity index (χ4v) is 5.95. The average Bonchev–Trinajstić information content (AvgIpc) is 2.86. The van der Waals surface area contributed by atoms with Gasteiger partial charge in [0, 0.05) is 65.1 Å². The molecule has 1 aliphatic heterocycles. The molecule has 3 rings (SSSR count). The molecule has 2 aromatic rings. The number of anilines is 3. The molecule has 1 fully saturated rings. The Morgan fingerprint density at radius 3 is 2.28 bits per heavy atom. The Morgan fingerprint density at radius 1 is 1.11 bits per heavy atom. The fraction of sp³-hybridized carbons (Fsp3) is 0.478. The summed E-state index contributed by atoms with van der Waals surface area (Å²) in [5.41, 5.74) is 2.25. The van der Waals surface area contributed by atoms with Crippen LogP contribution in [0.5, 0.6) is 5.75 Å². The molecular weight excluding hydrogens is 509 g/mol. The standard InChI is InChI=1S/C23H34FN5O5S2/c1-18(17-29(35(30)31)21-8-6-20(7-9-21)26(2)3)16-25-36(32,33)28-13-11-27(12-14-28)22-10-5-19(24)15-23(22)34-4/h5-10,15,18,25H,11-14,16-17H2,1-4H3,(H,30,31)/t18-/m0/s1. The van der Waals surface area contributed by atoms with Crippen LogP contribution in [0.4, 0.5) is 21.5 Å². The van der Waals surface area contributed by atoms with Crippen LogP contribution < -0.4 is 23.6 Å². The smallest absolute Gasteiger partial charge is 0.279 e. The van der Waals surface area contributed by atoms with Crippen molar-refractivity contribution in [1.29, 1.82) is 0 Å². The summed E-state index contributed by atoms with van der Waals surface area (Å²) in [5.74, 6) is -0.237. The Labute approximate surface area is 215 Å². The quantitative estimate of drug-likeness (QED) is 0.419. The maximum absolute atomic E-state index is 13.5. The number of rotatable bonds is 11. The van der Waals surface area contributed by atoms with Crippen LogP contribution in [0.15, 0.2) is 42.5 Å². The van der Waals surface area contributed by atoms with Crippen LogP contribution in [0.3, 0.4) is 0 Å². The first-order valence-electron chi connectivity index (χ1n) is 11.5. The molecule has 0 bridgehead atoms. The Bertz CT molecular complexity index is 1140. The second-order valence-corrected chi connectivity index (χ2v) is 11.5. The molecule has 1 unspecified atom stereocenters. The molecule has 2 atom stereocenters. The van der Waals surface area contributed by atoms with Gasteiger partial charge in [-0.2, -0.15) is 12.7 Å². The SMILES string of the molecule is COc1cc(F)ccc1N1CCN(S(=O)(=O)NC[C@H](C)CN(c2ccc(N(C)C)cc2)S(=O)O)CC1.